The van der Waals surface area contributed by atoms with Gasteiger partial charge in [0.15, 0.2) is 0 Å². The summed E-state index contributed by atoms with van der Waals surface area (Å²) in [5.41, 5.74) is 1.90. The van der Waals surface area contributed by atoms with Gasteiger partial charge in [0.05, 0.1) is 14.2 Å². The van der Waals surface area contributed by atoms with Crippen molar-refractivity contribution in [2.45, 2.75) is 11.8 Å². The molecule has 1 aliphatic heterocycles. The molecule has 0 amide bonds. The number of fused-ring (bicyclic) bond motifs is 1. The lowest BCUT2D eigenvalue weighted by molar-refractivity contribution is 0.373. The van der Waals surface area contributed by atoms with Gasteiger partial charge < -0.3 is 14.4 Å². The van der Waals surface area contributed by atoms with Crippen LogP contribution in [0.4, 0.5) is 5.82 Å². The van der Waals surface area contributed by atoms with E-state index >= 15 is 0 Å². The van der Waals surface area contributed by atoms with Gasteiger partial charge in [-0.1, -0.05) is 23.7 Å². The van der Waals surface area contributed by atoms with E-state index in [1.165, 1.54) is 17.5 Å². The third-order valence-corrected chi connectivity index (χ3v) is 7.68. The number of benzene rings is 2. The standard InChI is InChI=1S/C22H24ClN3O4S/c1-15-13-21(24-22-17(15)5-4-6-19(22)30-3)25-9-11-26(12-10-25)31(27,28)20-14-16(23)7-8-18(20)29-2/h4-8,13-14H,9-12H2,1-3H3. The Bertz CT molecular complexity index is 1220. The number of halogens is 1. The minimum Gasteiger partial charge on any atom is -0.495 e. The minimum absolute atomic E-state index is 0.0837. The smallest absolute Gasteiger partial charge is 0.246 e. The zero-order valence-electron chi connectivity index (χ0n) is 17.6. The first kappa shape index (κ1) is 21.7. The van der Waals surface area contributed by atoms with Crippen molar-refractivity contribution in [1.82, 2.24) is 9.29 Å². The Morgan fingerprint density at radius 3 is 2.35 bits per heavy atom. The Labute approximate surface area is 187 Å². The first-order valence-corrected chi connectivity index (χ1v) is 11.7. The molecule has 0 atom stereocenters. The molecule has 0 N–H and O–H groups in total. The highest BCUT2D eigenvalue weighted by Crippen LogP contribution is 2.32. The maximum Gasteiger partial charge on any atom is 0.246 e. The zero-order chi connectivity index (χ0) is 22.2. The predicted molar refractivity (Wildman–Crippen MR) is 122 cm³/mol. The number of anilines is 1. The summed E-state index contributed by atoms with van der Waals surface area (Å²) in [5.74, 6) is 1.81. The molecule has 164 valence electrons. The van der Waals surface area contributed by atoms with Crippen LogP contribution in [0.3, 0.4) is 0 Å². The first-order chi connectivity index (χ1) is 14.8. The fourth-order valence-electron chi connectivity index (χ4n) is 3.85. The average Bonchev–Trinajstić information content (AvgIpc) is 2.78. The third-order valence-electron chi connectivity index (χ3n) is 5.52. The number of hydrogen-bond donors (Lipinski definition) is 0. The number of piperazine rings is 1. The second-order valence-corrected chi connectivity index (χ2v) is 9.68. The van der Waals surface area contributed by atoms with Gasteiger partial charge in [-0.05, 0) is 42.8 Å². The lowest BCUT2D eigenvalue weighted by Gasteiger charge is -2.35. The highest BCUT2D eigenvalue weighted by molar-refractivity contribution is 7.89. The van der Waals surface area contributed by atoms with E-state index in [1.54, 1.807) is 19.2 Å². The molecule has 0 saturated carbocycles. The lowest BCUT2D eigenvalue weighted by Crippen LogP contribution is -2.49. The molecule has 1 saturated heterocycles. The largest absolute Gasteiger partial charge is 0.495 e. The van der Waals surface area contributed by atoms with E-state index in [-0.39, 0.29) is 10.6 Å². The van der Waals surface area contributed by atoms with Crippen molar-refractivity contribution in [3.8, 4) is 11.5 Å². The molecule has 9 heteroatoms. The molecule has 2 aromatic carbocycles. The number of rotatable bonds is 5. The number of ether oxygens (including phenoxy) is 2. The Hall–Kier alpha value is -2.55. The molecule has 0 bridgehead atoms. The molecular weight excluding hydrogens is 438 g/mol. The van der Waals surface area contributed by atoms with Crippen molar-refractivity contribution in [2.75, 3.05) is 45.3 Å². The highest BCUT2D eigenvalue weighted by Gasteiger charge is 2.31. The van der Waals surface area contributed by atoms with Crippen LogP contribution in [-0.4, -0.2) is 58.1 Å². The summed E-state index contributed by atoms with van der Waals surface area (Å²) in [7, 11) is -0.652. The van der Waals surface area contributed by atoms with Gasteiger partial charge in [-0.3, -0.25) is 0 Å². The van der Waals surface area contributed by atoms with E-state index in [9.17, 15) is 8.42 Å². The van der Waals surface area contributed by atoms with E-state index in [0.717, 1.165) is 28.0 Å². The first-order valence-electron chi connectivity index (χ1n) is 9.88. The molecular formula is C22H24ClN3O4S. The molecule has 7 nitrogen and oxygen atoms in total. The van der Waals surface area contributed by atoms with Crippen LogP contribution in [0.1, 0.15) is 5.56 Å². The number of methoxy groups -OCH3 is 2. The van der Waals surface area contributed by atoms with Crippen molar-refractivity contribution in [1.29, 1.82) is 0 Å². The highest BCUT2D eigenvalue weighted by atomic mass is 35.5. The number of para-hydroxylation sites is 1. The SMILES string of the molecule is COc1ccc(Cl)cc1S(=O)(=O)N1CCN(c2cc(C)c3cccc(OC)c3n2)CC1. The number of pyridine rings is 1. The van der Waals surface area contributed by atoms with E-state index in [1.807, 2.05) is 31.2 Å². The minimum atomic E-state index is -3.73. The summed E-state index contributed by atoms with van der Waals surface area (Å²) >= 11 is 6.04. The quantitative estimate of drug-likeness (QED) is 0.576. The van der Waals surface area contributed by atoms with E-state index in [0.29, 0.717) is 31.2 Å². The number of hydrogen-bond acceptors (Lipinski definition) is 6. The predicted octanol–water partition coefficient (Wildman–Crippen LogP) is 3.72. The fourth-order valence-corrected chi connectivity index (χ4v) is 5.69. The molecule has 3 aromatic rings. The Balaban J connectivity index is 1.59. The summed E-state index contributed by atoms with van der Waals surface area (Å²) in [6.07, 6.45) is 0. The van der Waals surface area contributed by atoms with Crippen LogP contribution in [0.2, 0.25) is 5.02 Å². The second kappa shape index (κ2) is 8.53. The van der Waals surface area contributed by atoms with Gasteiger partial charge in [-0.25, -0.2) is 13.4 Å². The van der Waals surface area contributed by atoms with Crippen molar-refractivity contribution in [3.63, 3.8) is 0 Å². The molecule has 31 heavy (non-hydrogen) atoms. The summed E-state index contributed by atoms with van der Waals surface area (Å²) in [4.78, 5) is 6.99. The maximum atomic E-state index is 13.2. The van der Waals surface area contributed by atoms with Gasteiger partial charge in [-0.2, -0.15) is 4.31 Å². The van der Waals surface area contributed by atoms with Crippen LogP contribution in [0, 0.1) is 6.92 Å². The lowest BCUT2D eigenvalue weighted by atomic mass is 10.1. The van der Waals surface area contributed by atoms with Crippen LogP contribution in [-0.2, 0) is 10.0 Å². The summed E-state index contributed by atoms with van der Waals surface area (Å²) in [6.45, 7) is 3.76. The second-order valence-electron chi connectivity index (χ2n) is 7.34. The van der Waals surface area contributed by atoms with E-state index < -0.39 is 10.0 Å². The van der Waals surface area contributed by atoms with Crippen molar-refractivity contribution in [3.05, 3.63) is 53.1 Å². The molecule has 2 heterocycles. The van der Waals surface area contributed by atoms with Gasteiger partial charge in [0.2, 0.25) is 10.0 Å². The molecule has 4 rings (SSSR count). The maximum absolute atomic E-state index is 13.2. The summed E-state index contributed by atoms with van der Waals surface area (Å²) < 4.78 is 38.6. The van der Waals surface area contributed by atoms with Gasteiger partial charge in [0, 0.05) is 36.6 Å². The van der Waals surface area contributed by atoms with Gasteiger partial charge in [-0.15, -0.1) is 0 Å². The number of aryl methyl sites for hydroxylation is 1. The number of sulfonamides is 1. The number of aromatic nitrogens is 1. The summed E-state index contributed by atoms with van der Waals surface area (Å²) in [5, 5.41) is 1.39. The number of nitrogens with zero attached hydrogens (tertiary/aromatic N) is 3. The molecule has 1 aliphatic rings. The molecule has 0 aliphatic carbocycles. The molecule has 0 unspecified atom stereocenters. The van der Waals surface area contributed by atoms with Crippen LogP contribution in [0.25, 0.3) is 10.9 Å². The van der Waals surface area contributed by atoms with Crippen molar-refractivity contribution < 1.29 is 17.9 Å². The van der Waals surface area contributed by atoms with Crippen LogP contribution in [0.5, 0.6) is 11.5 Å². The van der Waals surface area contributed by atoms with Gasteiger partial charge >= 0.3 is 0 Å². The van der Waals surface area contributed by atoms with Crippen LogP contribution < -0.4 is 14.4 Å². The monoisotopic (exact) mass is 461 g/mol. The van der Waals surface area contributed by atoms with Gasteiger partial charge in [0.1, 0.15) is 27.7 Å². The normalized spacial score (nSPS) is 15.3. The van der Waals surface area contributed by atoms with Crippen molar-refractivity contribution in [2.24, 2.45) is 0 Å². The summed E-state index contributed by atoms with van der Waals surface area (Å²) in [6, 6.07) is 12.5. The molecule has 0 radical (unpaired) electrons. The fraction of sp³-hybridized carbons (Fsp3) is 0.318. The van der Waals surface area contributed by atoms with Crippen LogP contribution >= 0.6 is 11.6 Å². The molecule has 1 fully saturated rings. The van der Waals surface area contributed by atoms with Crippen molar-refractivity contribution >= 4 is 38.3 Å². The van der Waals surface area contributed by atoms with E-state index in [2.05, 4.69) is 4.90 Å². The van der Waals surface area contributed by atoms with E-state index in [4.69, 9.17) is 26.1 Å². The Kier molecular flexibility index (Phi) is 5.96. The Morgan fingerprint density at radius 1 is 0.968 bits per heavy atom. The van der Waals surface area contributed by atoms with Gasteiger partial charge in [0.25, 0.3) is 0 Å². The zero-order valence-corrected chi connectivity index (χ0v) is 19.2. The van der Waals surface area contributed by atoms with Crippen LogP contribution in [0.15, 0.2) is 47.4 Å². The Morgan fingerprint density at radius 2 is 1.68 bits per heavy atom. The molecule has 0 spiro atoms. The topological polar surface area (TPSA) is 72.0 Å². The average molecular weight is 462 g/mol. The molecule has 1 aromatic heterocycles. The third kappa shape index (κ3) is 4.03.